The van der Waals surface area contributed by atoms with E-state index in [4.69, 9.17) is 0 Å². The van der Waals surface area contributed by atoms with Gasteiger partial charge in [-0.25, -0.2) is 9.07 Å². The highest BCUT2D eigenvalue weighted by Crippen LogP contribution is 2.16. The van der Waals surface area contributed by atoms with Crippen molar-refractivity contribution in [1.82, 2.24) is 20.4 Å². The molecule has 0 saturated carbocycles. The van der Waals surface area contributed by atoms with Crippen LogP contribution in [-0.2, 0) is 6.42 Å². The summed E-state index contributed by atoms with van der Waals surface area (Å²) >= 11 is 0. The number of aryl methyl sites for hydroxylation is 1. The molecule has 0 spiro atoms. The number of nitrogens with one attached hydrogen (secondary N) is 2. The SMILES string of the molecule is CN=C(NCCCc1cccc(F)c1)NC(C)c1cccc(-n2cccn2)c1.I. The predicted octanol–water partition coefficient (Wildman–Crippen LogP) is 4.49. The zero-order valence-corrected chi connectivity index (χ0v) is 19.0. The zero-order chi connectivity index (χ0) is 19.8. The molecule has 0 aliphatic carbocycles. The second-order valence-electron chi connectivity index (χ2n) is 6.64. The van der Waals surface area contributed by atoms with E-state index >= 15 is 0 Å². The number of aliphatic imine (C=N–C) groups is 1. The Morgan fingerprint density at radius 1 is 1.17 bits per heavy atom. The second-order valence-corrected chi connectivity index (χ2v) is 6.64. The van der Waals surface area contributed by atoms with Crippen LogP contribution in [0.1, 0.15) is 30.5 Å². The molecule has 3 aromatic rings. The van der Waals surface area contributed by atoms with Crippen LogP contribution in [0.25, 0.3) is 5.69 Å². The maximum atomic E-state index is 13.2. The Kier molecular flexibility index (Phi) is 9.11. The van der Waals surface area contributed by atoms with Crippen molar-refractivity contribution in [1.29, 1.82) is 0 Å². The molecule has 29 heavy (non-hydrogen) atoms. The fraction of sp³-hybridized carbons (Fsp3) is 0.273. The van der Waals surface area contributed by atoms with E-state index in [1.54, 1.807) is 25.4 Å². The van der Waals surface area contributed by atoms with Crippen molar-refractivity contribution in [2.24, 2.45) is 4.99 Å². The number of benzene rings is 2. The molecular weight excluding hydrogens is 480 g/mol. The van der Waals surface area contributed by atoms with Crippen LogP contribution in [0.4, 0.5) is 4.39 Å². The molecule has 0 radical (unpaired) electrons. The van der Waals surface area contributed by atoms with E-state index in [1.165, 1.54) is 6.07 Å². The Hall–Kier alpha value is -2.42. The molecule has 1 aromatic heterocycles. The van der Waals surface area contributed by atoms with Crippen LogP contribution in [0.15, 0.2) is 72.0 Å². The van der Waals surface area contributed by atoms with Gasteiger partial charge in [-0.3, -0.25) is 4.99 Å². The average molecular weight is 507 g/mol. The molecule has 3 rings (SSSR count). The Morgan fingerprint density at radius 2 is 2.00 bits per heavy atom. The third kappa shape index (κ3) is 6.85. The lowest BCUT2D eigenvalue weighted by atomic mass is 10.1. The lowest BCUT2D eigenvalue weighted by Crippen LogP contribution is -2.39. The van der Waals surface area contributed by atoms with E-state index in [0.29, 0.717) is 0 Å². The molecule has 7 heteroatoms. The molecule has 1 atom stereocenters. The van der Waals surface area contributed by atoms with Crippen LogP contribution < -0.4 is 10.6 Å². The van der Waals surface area contributed by atoms with Gasteiger partial charge in [-0.2, -0.15) is 5.10 Å². The molecule has 1 heterocycles. The summed E-state index contributed by atoms with van der Waals surface area (Å²) in [5, 5.41) is 11.0. The first kappa shape index (κ1) is 22.9. The monoisotopic (exact) mass is 507 g/mol. The molecule has 0 aliphatic rings. The highest BCUT2D eigenvalue weighted by atomic mass is 127. The number of hydrogen-bond acceptors (Lipinski definition) is 2. The van der Waals surface area contributed by atoms with Crippen molar-refractivity contribution in [3.63, 3.8) is 0 Å². The molecule has 0 fully saturated rings. The summed E-state index contributed by atoms with van der Waals surface area (Å²) in [6.07, 6.45) is 5.41. The van der Waals surface area contributed by atoms with Gasteiger partial charge in [0.1, 0.15) is 5.82 Å². The van der Waals surface area contributed by atoms with E-state index in [-0.39, 0.29) is 35.8 Å². The van der Waals surface area contributed by atoms with Gasteiger partial charge in [0.15, 0.2) is 5.96 Å². The lowest BCUT2D eigenvalue weighted by Gasteiger charge is -2.19. The zero-order valence-electron chi connectivity index (χ0n) is 16.7. The smallest absolute Gasteiger partial charge is 0.191 e. The van der Waals surface area contributed by atoms with Crippen molar-refractivity contribution < 1.29 is 4.39 Å². The van der Waals surface area contributed by atoms with E-state index in [0.717, 1.165) is 42.2 Å². The summed E-state index contributed by atoms with van der Waals surface area (Å²) in [6, 6.07) is 17.0. The van der Waals surface area contributed by atoms with Gasteiger partial charge in [0.25, 0.3) is 0 Å². The lowest BCUT2D eigenvalue weighted by molar-refractivity contribution is 0.623. The van der Waals surface area contributed by atoms with Crippen LogP contribution in [0.2, 0.25) is 0 Å². The van der Waals surface area contributed by atoms with Gasteiger partial charge in [0, 0.05) is 26.0 Å². The topological polar surface area (TPSA) is 54.2 Å². The molecule has 2 N–H and O–H groups in total. The van der Waals surface area contributed by atoms with Crippen LogP contribution in [0, 0.1) is 5.82 Å². The largest absolute Gasteiger partial charge is 0.356 e. The van der Waals surface area contributed by atoms with Crippen LogP contribution in [0.3, 0.4) is 0 Å². The molecule has 154 valence electrons. The minimum absolute atomic E-state index is 0. The van der Waals surface area contributed by atoms with Gasteiger partial charge in [-0.1, -0.05) is 24.3 Å². The molecular formula is C22H27FIN5. The standard InChI is InChI=1S/C22H26FN5.HI/c1-17(19-9-4-11-21(16-19)28-14-6-13-26-28)27-22(24-2)25-12-5-8-18-7-3-10-20(23)15-18;/h3-4,6-7,9-11,13-17H,5,8,12H2,1-2H3,(H2,24,25,27);1H. The van der Waals surface area contributed by atoms with Gasteiger partial charge >= 0.3 is 0 Å². The summed E-state index contributed by atoms with van der Waals surface area (Å²) in [5.41, 5.74) is 3.18. The second kappa shape index (κ2) is 11.5. The first-order valence-corrected chi connectivity index (χ1v) is 9.47. The highest BCUT2D eigenvalue weighted by Gasteiger charge is 2.09. The molecule has 0 amide bonds. The Morgan fingerprint density at radius 3 is 2.72 bits per heavy atom. The molecule has 1 unspecified atom stereocenters. The predicted molar refractivity (Wildman–Crippen MR) is 127 cm³/mol. The number of halogens is 2. The maximum Gasteiger partial charge on any atom is 0.191 e. The Balaban J connectivity index is 0.00000300. The van der Waals surface area contributed by atoms with Crippen molar-refractivity contribution in [2.75, 3.05) is 13.6 Å². The van der Waals surface area contributed by atoms with Gasteiger partial charge in [0.2, 0.25) is 0 Å². The van der Waals surface area contributed by atoms with E-state index in [1.807, 2.05) is 35.1 Å². The van der Waals surface area contributed by atoms with E-state index < -0.39 is 0 Å². The normalized spacial score (nSPS) is 12.2. The average Bonchev–Trinajstić information content (AvgIpc) is 3.25. The highest BCUT2D eigenvalue weighted by molar-refractivity contribution is 14.0. The van der Waals surface area contributed by atoms with E-state index in [2.05, 4.69) is 39.8 Å². The molecule has 0 aliphatic heterocycles. The molecule has 0 saturated heterocycles. The Bertz CT molecular complexity index is 911. The van der Waals surface area contributed by atoms with Crippen molar-refractivity contribution >= 4 is 29.9 Å². The first-order chi connectivity index (χ1) is 13.7. The maximum absolute atomic E-state index is 13.2. The number of aromatic nitrogens is 2. The van der Waals surface area contributed by atoms with Crippen molar-refractivity contribution in [2.45, 2.75) is 25.8 Å². The van der Waals surface area contributed by atoms with Gasteiger partial charge in [-0.15, -0.1) is 24.0 Å². The van der Waals surface area contributed by atoms with E-state index in [9.17, 15) is 4.39 Å². The minimum Gasteiger partial charge on any atom is -0.356 e. The summed E-state index contributed by atoms with van der Waals surface area (Å²) in [4.78, 5) is 4.30. The quantitative estimate of drug-likeness (QED) is 0.215. The van der Waals surface area contributed by atoms with Crippen LogP contribution in [0.5, 0.6) is 0 Å². The van der Waals surface area contributed by atoms with Gasteiger partial charge in [-0.05, 0) is 61.2 Å². The third-order valence-corrected chi connectivity index (χ3v) is 4.54. The van der Waals surface area contributed by atoms with Crippen molar-refractivity contribution in [3.8, 4) is 5.69 Å². The van der Waals surface area contributed by atoms with Gasteiger partial charge < -0.3 is 10.6 Å². The first-order valence-electron chi connectivity index (χ1n) is 9.47. The number of hydrogen-bond donors (Lipinski definition) is 2. The van der Waals surface area contributed by atoms with Crippen LogP contribution in [-0.4, -0.2) is 29.3 Å². The fourth-order valence-electron chi connectivity index (χ4n) is 3.03. The van der Waals surface area contributed by atoms with Crippen LogP contribution >= 0.6 is 24.0 Å². The number of nitrogens with zero attached hydrogens (tertiary/aromatic N) is 3. The Labute approximate surface area is 188 Å². The summed E-state index contributed by atoms with van der Waals surface area (Å²) in [7, 11) is 1.76. The molecule has 5 nitrogen and oxygen atoms in total. The third-order valence-electron chi connectivity index (χ3n) is 4.54. The molecule has 2 aromatic carbocycles. The fourth-order valence-corrected chi connectivity index (χ4v) is 3.03. The minimum atomic E-state index is -0.186. The number of rotatable bonds is 7. The van der Waals surface area contributed by atoms with Gasteiger partial charge in [0.05, 0.1) is 11.7 Å². The number of guanidine groups is 1. The molecule has 0 bridgehead atoms. The summed E-state index contributed by atoms with van der Waals surface area (Å²) in [6.45, 7) is 2.86. The van der Waals surface area contributed by atoms with Crippen molar-refractivity contribution in [3.05, 3.63) is 83.9 Å². The summed E-state index contributed by atoms with van der Waals surface area (Å²) < 4.78 is 15.1. The summed E-state index contributed by atoms with van der Waals surface area (Å²) in [5.74, 6) is 0.560.